The van der Waals surface area contributed by atoms with Crippen molar-refractivity contribution in [2.75, 3.05) is 7.05 Å². The summed E-state index contributed by atoms with van der Waals surface area (Å²) in [6.07, 6.45) is 5.74. The summed E-state index contributed by atoms with van der Waals surface area (Å²) in [5.74, 6) is 0.105. The molecule has 0 aromatic carbocycles. The number of carbonyl (C=O) groups excluding carboxylic acids is 1. The Morgan fingerprint density at radius 3 is 2.38 bits per heavy atom. The number of hydrogen-bond acceptors (Lipinski definition) is 3. The van der Waals surface area contributed by atoms with E-state index in [1.165, 1.54) is 6.42 Å². The summed E-state index contributed by atoms with van der Waals surface area (Å²) in [6, 6.07) is 0.358. The van der Waals surface area contributed by atoms with Gasteiger partial charge in [-0.05, 0) is 32.1 Å². The fraction of sp³-hybridized carbons (Fsp3) is 0.818. The highest BCUT2D eigenvalue weighted by atomic mass is 16.4. The molecule has 5 nitrogen and oxygen atoms in total. The first-order chi connectivity index (χ1) is 7.62. The first kappa shape index (κ1) is 11.2. The SMILES string of the molecule is CN(C(=O)C1(C(N)=NO)CCC1)C1CCC1. The number of amides is 1. The van der Waals surface area contributed by atoms with Crippen LogP contribution >= 0.6 is 0 Å². The van der Waals surface area contributed by atoms with Crippen LogP contribution in [0.3, 0.4) is 0 Å². The molecule has 0 saturated heterocycles. The van der Waals surface area contributed by atoms with Gasteiger partial charge in [0.2, 0.25) is 5.91 Å². The first-order valence-corrected chi connectivity index (χ1v) is 5.87. The fourth-order valence-corrected chi connectivity index (χ4v) is 2.48. The normalized spacial score (nSPS) is 24.4. The van der Waals surface area contributed by atoms with Crippen LogP contribution in [0.1, 0.15) is 38.5 Å². The third kappa shape index (κ3) is 1.45. The smallest absolute Gasteiger partial charge is 0.236 e. The molecule has 0 aromatic rings. The minimum absolute atomic E-state index is 0.0266. The molecule has 2 aliphatic carbocycles. The summed E-state index contributed by atoms with van der Waals surface area (Å²) in [7, 11) is 1.83. The molecule has 0 aliphatic heterocycles. The van der Waals surface area contributed by atoms with E-state index in [2.05, 4.69) is 5.16 Å². The van der Waals surface area contributed by atoms with Crippen molar-refractivity contribution in [1.82, 2.24) is 4.90 Å². The van der Waals surface area contributed by atoms with Crippen LogP contribution in [0.4, 0.5) is 0 Å². The van der Waals surface area contributed by atoms with Crippen LogP contribution in [0.25, 0.3) is 0 Å². The third-order valence-corrected chi connectivity index (χ3v) is 4.16. The number of carbonyl (C=O) groups is 1. The van der Waals surface area contributed by atoms with E-state index in [4.69, 9.17) is 10.9 Å². The molecule has 90 valence electrons. The molecule has 0 radical (unpaired) electrons. The summed E-state index contributed by atoms with van der Waals surface area (Å²) in [5, 5.41) is 11.8. The molecule has 2 aliphatic rings. The largest absolute Gasteiger partial charge is 0.409 e. The molecule has 2 fully saturated rings. The fourth-order valence-electron chi connectivity index (χ4n) is 2.48. The standard InChI is InChI=1S/C11H19N3O2/c1-14(8-4-2-5-8)10(15)11(6-3-7-11)9(12)13-16/h8,16H,2-7H2,1H3,(H2,12,13). The van der Waals surface area contributed by atoms with Gasteiger partial charge in [0.15, 0.2) is 5.84 Å². The number of nitrogens with zero attached hydrogens (tertiary/aromatic N) is 2. The average molecular weight is 225 g/mol. The van der Waals surface area contributed by atoms with Gasteiger partial charge in [-0.1, -0.05) is 11.6 Å². The lowest BCUT2D eigenvalue weighted by Crippen LogP contribution is -2.57. The Kier molecular flexibility index (Phi) is 2.78. The predicted octanol–water partition coefficient (Wildman–Crippen LogP) is 0.914. The molecule has 2 rings (SSSR count). The van der Waals surface area contributed by atoms with Crippen molar-refractivity contribution in [3.05, 3.63) is 0 Å². The third-order valence-electron chi connectivity index (χ3n) is 4.16. The topological polar surface area (TPSA) is 78.9 Å². The van der Waals surface area contributed by atoms with Crippen molar-refractivity contribution in [2.45, 2.75) is 44.6 Å². The van der Waals surface area contributed by atoms with Crippen LogP contribution in [0, 0.1) is 5.41 Å². The molecule has 0 aromatic heterocycles. The maximum atomic E-state index is 12.3. The van der Waals surface area contributed by atoms with Crippen molar-refractivity contribution in [1.29, 1.82) is 0 Å². The molecule has 0 spiro atoms. The molecule has 0 bridgehead atoms. The van der Waals surface area contributed by atoms with Gasteiger partial charge >= 0.3 is 0 Å². The Morgan fingerprint density at radius 2 is 2.06 bits per heavy atom. The van der Waals surface area contributed by atoms with Crippen LogP contribution in [-0.4, -0.2) is 34.9 Å². The Morgan fingerprint density at radius 1 is 1.44 bits per heavy atom. The molecule has 5 heteroatoms. The lowest BCUT2D eigenvalue weighted by atomic mass is 9.66. The lowest BCUT2D eigenvalue weighted by Gasteiger charge is -2.45. The second-order valence-corrected chi connectivity index (χ2v) is 4.92. The van der Waals surface area contributed by atoms with E-state index < -0.39 is 5.41 Å². The highest BCUT2D eigenvalue weighted by Gasteiger charge is 2.50. The molecular formula is C11H19N3O2. The van der Waals surface area contributed by atoms with E-state index in [0.717, 1.165) is 19.3 Å². The van der Waals surface area contributed by atoms with E-state index in [1.807, 2.05) is 7.05 Å². The quantitative estimate of drug-likeness (QED) is 0.324. The van der Waals surface area contributed by atoms with Crippen molar-refractivity contribution in [3.8, 4) is 0 Å². The summed E-state index contributed by atoms with van der Waals surface area (Å²) < 4.78 is 0. The van der Waals surface area contributed by atoms with Crippen LogP contribution in [0.2, 0.25) is 0 Å². The molecule has 1 amide bonds. The lowest BCUT2D eigenvalue weighted by molar-refractivity contribution is -0.144. The molecule has 0 unspecified atom stereocenters. The summed E-state index contributed by atoms with van der Waals surface area (Å²) in [5.41, 5.74) is 4.95. The van der Waals surface area contributed by atoms with E-state index in [9.17, 15) is 4.79 Å². The Bertz CT molecular complexity index is 319. The van der Waals surface area contributed by atoms with Crippen molar-refractivity contribution >= 4 is 11.7 Å². The molecule has 16 heavy (non-hydrogen) atoms. The molecule has 2 saturated carbocycles. The van der Waals surface area contributed by atoms with Gasteiger partial charge in [-0.2, -0.15) is 0 Å². The number of amidine groups is 1. The van der Waals surface area contributed by atoms with Gasteiger partial charge in [-0.3, -0.25) is 4.79 Å². The van der Waals surface area contributed by atoms with Crippen molar-refractivity contribution in [2.24, 2.45) is 16.3 Å². The Hall–Kier alpha value is -1.26. The maximum absolute atomic E-state index is 12.3. The molecule has 3 N–H and O–H groups in total. The minimum Gasteiger partial charge on any atom is -0.409 e. The zero-order valence-corrected chi connectivity index (χ0v) is 9.65. The van der Waals surface area contributed by atoms with E-state index >= 15 is 0 Å². The van der Waals surface area contributed by atoms with Crippen LogP contribution in [0.15, 0.2) is 5.16 Å². The maximum Gasteiger partial charge on any atom is 0.236 e. The number of nitrogens with two attached hydrogens (primary N) is 1. The number of rotatable bonds is 3. The van der Waals surface area contributed by atoms with Gasteiger partial charge < -0.3 is 15.8 Å². The Labute approximate surface area is 95.3 Å². The highest BCUT2D eigenvalue weighted by Crippen LogP contribution is 2.43. The number of hydrogen-bond donors (Lipinski definition) is 2. The monoisotopic (exact) mass is 225 g/mol. The molecular weight excluding hydrogens is 206 g/mol. The van der Waals surface area contributed by atoms with E-state index in [0.29, 0.717) is 18.9 Å². The van der Waals surface area contributed by atoms with E-state index in [-0.39, 0.29) is 11.7 Å². The van der Waals surface area contributed by atoms with Gasteiger partial charge in [0.25, 0.3) is 0 Å². The van der Waals surface area contributed by atoms with Gasteiger partial charge in [0.1, 0.15) is 5.41 Å². The van der Waals surface area contributed by atoms with Crippen LogP contribution < -0.4 is 5.73 Å². The van der Waals surface area contributed by atoms with Crippen LogP contribution in [-0.2, 0) is 4.79 Å². The second kappa shape index (κ2) is 3.96. The summed E-state index contributed by atoms with van der Waals surface area (Å²) in [6.45, 7) is 0. The van der Waals surface area contributed by atoms with Crippen LogP contribution in [0.5, 0.6) is 0 Å². The number of oxime groups is 1. The first-order valence-electron chi connectivity index (χ1n) is 5.87. The predicted molar refractivity (Wildman–Crippen MR) is 60.1 cm³/mol. The zero-order chi connectivity index (χ0) is 11.8. The molecule has 0 atom stereocenters. The van der Waals surface area contributed by atoms with Crippen molar-refractivity contribution < 1.29 is 10.0 Å². The van der Waals surface area contributed by atoms with E-state index in [1.54, 1.807) is 4.90 Å². The summed E-state index contributed by atoms with van der Waals surface area (Å²) in [4.78, 5) is 14.1. The van der Waals surface area contributed by atoms with Gasteiger partial charge in [0.05, 0.1) is 0 Å². The second-order valence-electron chi connectivity index (χ2n) is 4.92. The zero-order valence-electron chi connectivity index (χ0n) is 9.65. The summed E-state index contributed by atoms with van der Waals surface area (Å²) >= 11 is 0. The molecule has 0 heterocycles. The minimum atomic E-state index is -0.709. The van der Waals surface area contributed by atoms with Gasteiger partial charge in [-0.25, -0.2) is 0 Å². The van der Waals surface area contributed by atoms with Gasteiger partial charge in [0, 0.05) is 13.1 Å². The Balaban J connectivity index is 2.11. The van der Waals surface area contributed by atoms with Crippen molar-refractivity contribution in [3.63, 3.8) is 0 Å². The highest BCUT2D eigenvalue weighted by molar-refractivity contribution is 6.07. The average Bonchev–Trinajstić information content (AvgIpc) is 2.12. The van der Waals surface area contributed by atoms with Gasteiger partial charge in [-0.15, -0.1) is 0 Å².